The van der Waals surface area contributed by atoms with Crippen molar-refractivity contribution < 1.29 is 9.59 Å². The second-order valence-corrected chi connectivity index (χ2v) is 6.29. The molecule has 0 aromatic carbocycles. The summed E-state index contributed by atoms with van der Waals surface area (Å²) in [6.45, 7) is 0.501. The van der Waals surface area contributed by atoms with Crippen LogP contribution in [0.3, 0.4) is 0 Å². The van der Waals surface area contributed by atoms with Gasteiger partial charge in [-0.2, -0.15) is 0 Å². The van der Waals surface area contributed by atoms with E-state index >= 15 is 0 Å². The fourth-order valence-electron chi connectivity index (χ4n) is 2.71. The summed E-state index contributed by atoms with van der Waals surface area (Å²) in [6.07, 6.45) is 6.78. The number of nitrogens with two attached hydrogens (primary N) is 1. The zero-order valence-corrected chi connectivity index (χ0v) is 12.6. The van der Waals surface area contributed by atoms with Crippen molar-refractivity contribution in [2.45, 2.75) is 57.4 Å². The molecule has 2 saturated carbocycles. The minimum Gasteiger partial charge on any atom is -0.392 e. The molecule has 0 saturated heterocycles. The van der Waals surface area contributed by atoms with Gasteiger partial charge in [0.25, 0.3) is 0 Å². The van der Waals surface area contributed by atoms with Crippen molar-refractivity contribution in [3.63, 3.8) is 0 Å². The molecule has 0 bridgehead atoms. The molecule has 2 aliphatic carbocycles. The largest absolute Gasteiger partial charge is 0.392 e. The molecule has 0 aliphatic heterocycles. The molecule has 5 nitrogen and oxygen atoms in total. The number of thiocarbonyl (C=S) groups is 1. The van der Waals surface area contributed by atoms with Gasteiger partial charge in [-0.3, -0.25) is 9.59 Å². The van der Waals surface area contributed by atoms with Crippen LogP contribution in [0.1, 0.15) is 51.4 Å². The standard InChI is InChI=1S/C14H23N3O2S/c15-12(20)14(7-1-2-8-14)13(19)16-9-3-4-11(18)17-10-5-6-10/h10H,1-9H2,(H2,15,20)(H,16,19)(H,17,18). The van der Waals surface area contributed by atoms with Gasteiger partial charge in [0.15, 0.2) is 0 Å². The molecule has 2 fully saturated rings. The number of carbonyl (C=O) groups is 2. The zero-order valence-electron chi connectivity index (χ0n) is 11.7. The maximum absolute atomic E-state index is 12.3. The predicted octanol–water partition coefficient (Wildman–Crippen LogP) is 1.01. The van der Waals surface area contributed by atoms with Gasteiger partial charge in [0.05, 0.1) is 10.4 Å². The van der Waals surface area contributed by atoms with Crippen LogP contribution in [0.5, 0.6) is 0 Å². The lowest BCUT2D eigenvalue weighted by Gasteiger charge is -2.26. The van der Waals surface area contributed by atoms with Crippen molar-refractivity contribution in [2.75, 3.05) is 6.54 Å². The van der Waals surface area contributed by atoms with Gasteiger partial charge in [0.1, 0.15) is 0 Å². The normalized spacial score (nSPS) is 20.4. The molecule has 0 heterocycles. The molecule has 2 amide bonds. The number of nitrogens with one attached hydrogen (secondary N) is 2. The summed E-state index contributed by atoms with van der Waals surface area (Å²) in [5.74, 6) is 0.0109. The molecule has 0 unspecified atom stereocenters. The molecule has 2 aliphatic rings. The van der Waals surface area contributed by atoms with E-state index in [-0.39, 0.29) is 11.8 Å². The first kappa shape index (κ1) is 15.2. The van der Waals surface area contributed by atoms with E-state index in [9.17, 15) is 9.59 Å². The van der Waals surface area contributed by atoms with E-state index in [0.29, 0.717) is 30.4 Å². The highest BCUT2D eigenvalue weighted by Crippen LogP contribution is 2.38. The van der Waals surface area contributed by atoms with Crippen LogP contribution < -0.4 is 16.4 Å². The molecule has 2 rings (SSSR count). The Hall–Kier alpha value is -1.17. The fraction of sp³-hybridized carbons (Fsp3) is 0.786. The van der Waals surface area contributed by atoms with Crippen LogP contribution in [0, 0.1) is 5.41 Å². The number of carbonyl (C=O) groups excluding carboxylic acids is 2. The quantitative estimate of drug-likeness (QED) is 0.484. The second kappa shape index (κ2) is 6.52. The highest BCUT2D eigenvalue weighted by molar-refractivity contribution is 7.80. The van der Waals surface area contributed by atoms with Crippen molar-refractivity contribution in [1.29, 1.82) is 0 Å². The van der Waals surface area contributed by atoms with Gasteiger partial charge < -0.3 is 16.4 Å². The van der Waals surface area contributed by atoms with Crippen molar-refractivity contribution >= 4 is 29.0 Å². The third-order valence-electron chi connectivity index (χ3n) is 4.17. The Morgan fingerprint density at radius 2 is 1.90 bits per heavy atom. The molecule has 0 aromatic rings. The first-order valence-electron chi connectivity index (χ1n) is 7.42. The predicted molar refractivity (Wildman–Crippen MR) is 81.1 cm³/mol. The third kappa shape index (κ3) is 3.69. The maximum atomic E-state index is 12.3. The Morgan fingerprint density at radius 1 is 1.25 bits per heavy atom. The summed E-state index contributed by atoms with van der Waals surface area (Å²) >= 11 is 5.07. The fourth-order valence-corrected chi connectivity index (χ4v) is 3.01. The summed E-state index contributed by atoms with van der Waals surface area (Å²) in [5, 5.41) is 5.82. The Balaban J connectivity index is 1.68. The van der Waals surface area contributed by atoms with Gasteiger partial charge in [-0.25, -0.2) is 0 Å². The molecule has 6 heteroatoms. The number of hydrogen-bond donors (Lipinski definition) is 3. The minimum atomic E-state index is -0.647. The topological polar surface area (TPSA) is 84.2 Å². The van der Waals surface area contributed by atoms with Crippen LogP contribution in [0.25, 0.3) is 0 Å². The molecular weight excluding hydrogens is 274 g/mol. The monoisotopic (exact) mass is 297 g/mol. The van der Waals surface area contributed by atoms with E-state index in [1.165, 1.54) is 0 Å². The Bertz CT molecular complexity index is 401. The first-order valence-corrected chi connectivity index (χ1v) is 7.83. The van der Waals surface area contributed by atoms with E-state index in [1.807, 2.05) is 0 Å². The van der Waals surface area contributed by atoms with Crippen molar-refractivity contribution in [2.24, 2.45) is 11.1 Å². The summed E-state index contributed by atoms with van der Waals surface area (Å²) in [5.41, 5.74) is 5.11. The van der Waals surface area contributed by atoms with E-state index in [2.05, 4.69) is 10.6 Å². The van der Waals surface area contributed by atoms with Gasteiger partial charge in [-0.1, -0.05) is 25.1 Å². The van der Waals surface area contributed by atoms with E-state index in [4.69, 9.17) is 18.0 Å². The van der Waals surface area contributed by atoms with Crippen LogP contribution in [0.4, 0.5) is 0 Å². The molecular formula is C14H23N3O2S. The van der Waals surface area contributed by atoms with Crippen molar-refractivity contribution in [1.82, 2.24) is 10.6 Å². The molecule has 0 aromatic heterocycles. The van der Waals surface area contributed by atoms with Crippen LogP contribution in [0.2, 0.25) is 0 Å². The Morgan fingerprint density at radius 3 is 2.45 bits per heavy atom. The van der Waals surface area contributed by atoms with Gasteiger partial charge in [-0.05, 0) is 32.1 Å². The van der Waals surface area contributed by atoms with Gasteiger partial charge >= 0.3 is 0 Å². The Labute approximate surface area is 125 Å². The average molecular weight is 297 g/mol. The van der Waals surface area contributed by atoms with Crippen molar-refractivity contribution in [3.05, 3.63) is 0 Å². The highest BCUT2D eigenvalue weighted by Gasteiger charge is 2.43. The molecule has 0 radical (unpaired) electrons. The molecule has 0 atom stereocenters. The van der Waals surface area contributed by atoms with Gasteiger partial charge in [0.2, 0.25) is 11.8 Å². The van der Waals surface area contributed by atoms with Crippen LogP contribution in [0.15, 0.2) is 0 Å². The summed E-state index contributed by atoms with van der Waals surface area (Å²) in [4.78, 5) is 24.1. The summed E-state index contributed by atoms with van der Waals surface area (Å²) in [6, 6.07) is 0.397. The molecule has 112 valence electrons. The summed E-state index contributed by atoms with van der Waals surface area (Å²) < 4.78 is 0. The maximum Gasteiger partial charge on any atom is 0.233 e. The van der Waals surface area contributed by atoms with Gasteiger partial charge in [-0.15, -0.1) is 0 Å². The van der Waals surface area contributed by atoms with Crippen molar-refractivity contribution in [3.8, 4) is 0 Å². The summed E-state index contributed by atoms with van der Waals surface area (Å²) in [7, 11) is 0. The number of hydrogen-bond acceptors (Lipinski definition) is 3. The first-order chi connectivity index (χ1) is 9.54. The lowest BCUT2D eigenvalue weighted by molar-refractivity contribution is -0.127. The molecule has 4 N–H and O–H groups in total. The Kier molecular flexibility index (Phi) is 4.96. The number of amides is 2. The van der Waals surface area contributed by atoms with Crippen LogP contribution in [-0.4, -0.2) is 29.4 Å². The van der Waals surface area contributed by atoms with E-state index in [1.54, 1.807) is 0 Å². The molecule has 0 spiro atoms. The number of rotatable bonds is 7. The second-order valence-electron chi connectivity index (χ2n) is 5.85. The minimum absolute atomic E-state index is 0.0647. The SMILES string of the molecule is NC(=S)C1(C(=O)NCCCC(=O)NC2CC2)CCCC1. The lowest BCUT2D eigenvalue weighted by atomic mass is 9.85. The van der Waals surface area contributed by atoms with Gasteiger partial charge in [0, 0.05) is 19.0 Å². The van der Waals surface area contributed by atoms with Crippen LogP contribution in [-0.2, 0) is 9.59 Å². The smallest absolute Gasteiger partial charge is 0.233 e. The molecule has 20 heavy (non-hydrogen) atoms. The van der Waals surface area contributed by atoms with Crippen LogP contribution >= 0.6 is 12.2 Å². The third-order valence-corrected chi connectivity index (χ3v) is 4.56. The highest BCUT2D eigenvalue weighted by atomic mass is 32.1. The average Bonchev–Trinajstić information content (AvgIpc) is 3.07. The van der Waals surface area contributed by atoms with E-state index < -0.39 is 5.41 Å². The van der Waals surface area contributed by atoms with E-state index in [0.717, 1.165) is 38.5 Å². The lowest BCUT2D eigenvalue weighted by Crippen LogP contribution is -2.47. The zero-order chi connectivity index (χ0) is 14.6.